The molecule has 0 aromatic heterocycles. The van der Waals surface area contributed by atoms with E-state index < -0.39 is 11.9 Å². The van der Waals surface area contributed by atoms with Crippen LogP contribution >= 0.6 is 0 Å². The molecule has 6 nitrogen and oxygen atoms in total. The molecule has 3 aliphatic rings. The quantitative estimate of drug-likeness (QED) is 0.234. The van der Waals surface area contributed by atoms with Crippen LogP contribution in [0.25, 0.3) is 0 Å². The summed E-state index contributed by atoms with van der Waals surface area (Å²) in [6.07, 6.45) is 11.7. The fourth-order valence-electron chi connectivity index (χ4n) is 7.33. The van der Waals surface area contributed by atoms with Crippen molar-refractivity contribution in [3.63, 3.8) is 0 Å². The maximum atomic E-state index is 14.0. The predicted molar refractivity (Wildman–Crippen MR) is 168 cm³/mol. The summed E-state index contributed by atoms with van der Waals surface area (Å²) in [7, 11) is 2.42. The molecule has 1 amide bonds. The van der Waals surface area contributed by atoms with Gasteiger partial charge in [-0.1, -0.05) is 80.6 Å². The Kier molecular flexibility index (Phi) is 9.13. The summed E-state index contributed by atoms with van der Waals surface area (Å²) in [6.45, 7) is 3.66. The minimum atomic E-state index is -0.556. The van der Waals surface area contributed by atoms with Crippen molar-refractivity contribution < 1.29 is 23.5 Å². The minimum absolute atomic E-state index is 0.0343. The predicted octanol–water partition coefficient (Wildman–Crippen LogP) is 7.37. The number of likely N-dealkylation sites (tertiary alicyclic amines) is 1. The Balaban J connectivity index is 1.14. The highest BCUT2D eigenvalue weighted by Crippen LogP contribution is 2.44. The minimum Gasteiger partial charge on any atom is -0.457 e. The number of carbonyl (C=O) groups excluding carboxylic acids is 2. The third-order valence-corrected chi connectivity index (χ3v) is 9.79. The second kappa shape index (κ2) is 13.3. The highest BCUT2D eigenvalue weighted by Gasteiger charge is 2.37. The lowest BCUT2D eigenvalue weighted by Crippen LogP contribution is -2.56. The Morgan fingerprint density at radius 2 is 1.49 bits per heavy atom. The van der Waals surface area contributed by atoms with E-state index in [1.165, 1.54) is 51.5 Å². The number of benzene rings is 3. The zero-order valence-electron chi connectivity index (χ0n) is 25.4. The second-order valence-electron chi connectivity index (χ2n) is 13.1. The molecule has 0 bridgehead atoms. The number of nitrogens with one attached hydrogen (secondary N) is 1. The van der Waals surface area contributed by atoms with E-state index in [0.29, 0.717) is 22.6 Å². The van der Waals surface area contributed by atoms with Gasteiger partial charge in [0.05, 0.1) is 38.2 Å². The van der Waals surface area contributed by atoms with Gasteiger partial charge in [0, 0.05) is 35.9 Å². The summed E-state index contributed by atoms with van der Waals surface area (Å²) in [6, 6.07) is 22.8. The Labute approximate surface area is 256 Å². The van der Waals surface area contributed by atoms with Crippen LogP contribution in [0.3, 0.4) is 0 Å². The summed E-state index contributed by atoms with van der Waals surface area (Å²) in [5.74, 6) is 1.11. The molecule has 43 heavy (non-hydrogen) atoms. The molecule has 6 rings (SSSR count). The first-order chi connectivity index (χ1) is 21.0. The maximum Gasteiger partial charge on any atom is 0.338 e. The van der Waals surface area contributed by atoms with Crippen LogP contribution in [-0.2, 0) is 16.1 Å². The van der Waals surface area contributed by atoms with Crippen molar-refractivity contribution in [3.8, 4) is 11.5 Å². The molecule has 1 unspecified atom stereocenters. The number of carbonyl (C=O) groups is 2. The van der Waals surface area contributed by atoms with E-state index in [2.05, 4.69) is 12.4 Å². The molecule has 1 atom stereocenters. The van der Waals surface area contributed by atoms with Crippen LogP contribution in [0.4, 0.5) is 0 Å². The molecular weight excluding hydrogens is 536 g/mol. The van der Waals surface area contributed by atoms with Crippen LogP contribution in [0.5, 0.6) is 11.5 Å². The Morgan fingerprint density at radius 3 is 2.26 bits per heavy atom. The van der Waals surface area contributed by atoms with Crippen LogP contribution in [0.2, 0.25) is 0 Å². The molecule has 2 fully saturated rings. The Morgan fingerprint density at radius 1 is 0.814 bits per heavy atom. The van der Waals surface area contributed by atoms with E-state index in [0.717, 1.165) is 47.5 Å². The molecule has 2 aliphatic heterocycles. The van der Waals surface area contributed by atoms with Crippen LogP contribution < -0.4 is 10.1 Å². The van der Waals surface area contributed by atoms with Gasteiger partial charge >= 0.3 is 5.97 Å². The van der Waals surface area contributed by atoms with Gasteiger partial charge in [0.1, 0.15) is 18.1 Å². The molecule has 3 aromatic rings. The number of nitrogens with zero attached hydrogens (tertiary/aromatic N) is 1. The van der Waals surface area contributed by atoms with Gasteiger partial charge in [-0.05, 0) is 42.7 Å². The first-order valence-corrected chi connectivity index (χ1v) is 16.2. The largest absolute Gasteiger partial charge is 0.457 e. The van der Waals surface area contributed by atoms with Crippen LogP contribution in [0, 0.1) is 5.92 Å². The van der Waals surface area contributed by atoms with Crippen molar-refractivity contribution >= 4 is 11.9 Å². The average Bonchev–Trinajstić information content (AvgIpc) is 3.01. The van der Waals surface area contributed by atoms with Gasteiger partial charge in [-0.3, -0.25) is 4.79 Å². The third kappa shape index (κ3) is 7.13. The lowest BCUT2D eigenvalue weighted by molar-refractivity contribution is -0.917. The fourth-order valence-corrected chi connectivity index (χ4v) is 7.33. The number of quaternary nitrogens is 1. The SMILES string of the molecule is C[N+]1(CC2CCCCCCC2)CCC(NC(=O)C2c3ccccc3Oc3ccc(C(=O)OCc4ccccc4)cc32)CC1. The number of hydrogen-bond donors (Lipinski definition) is 1. The van der Waals surface area contributed by atoms with Crippen LogP contribution in [0.1, 0.15) is 90.8 Å². The first kappa shape index (κ1) is 29.4. The lowest BCUT2D eigenvalue weighted by Gasteiger charge is -2.43. The van der Waals surface area contributed by atoms with Gasteiger partial charge in [-0.2, -0.15) is 0 Å². The number of hydrogen-bond acceptors (Lipinski definition) is 4. The molecule has 0 radical (unpaired) electrons. The second-order valence-corrected chi connectivity index (χ2v) is 13.1. The third-order valence-electron chi connectivity index (χ3n) is 9.79. The van der Waals surface area contributed by atoms with E-state index >= 15 is 0 Å². The van der Waals surface area contributed by atoms with Crippen molar-refractivity contribution in [2.75, 3.05) is 26.7 Å². The first-order valence-electron chi connectivity index (χ1n) is 16.2. The smallest absolute Gasteiger partial charge is 0.338 e. The fraction of sp³-hybridized carbons (Fsp3) is 0.459. The number of para-hydroxylation sites is 1. The molecular formula is C37H45N2O4+. The van der Waals surface area contributed by atoms with Gasteiger partial charge in [0.2, 0.25) is 5.91 Å². The standard InChI is InChI=1S/C37H44N2O4/c1-39(25-27-12-6-3-2-4-7-13-27)22-20-30(21-23-39)38-36(40)35-31-16-10-11-17-33(31)43-34-19-18-29(24-32(34)35)37(41)42-26-28-14-8-5-9-15-28/h5,8-11,14-19,24,27,30,35H,2-4,6-7,12-13,20-23,25-26H2,1H3/p+1. The van der Waals surface area contributed by atoms with E-state index in [1.54, 1.807) is 18.2 Å². The number of ether oxygens (including phenoxy) is 2. The molecule has 1 saturated heterocycles. The summed E-state index contributed by atoms with van der Waals surface area (Å²) in [5, 5.41) is 3.40. The van der Waals surface area contributed by atoms with Crippen LogP contribution in [0.15, 0.2) is 72.8 Å². The van der Waals surface area contributed by atoms with Crippen molar-refractivity contribution in [3.05, 3.63) is 95.1 Å². The number of esters is 1. The number of amides is 1. The molecule has 1 saturated carbocycles. The Bertz CT molecular complexity index is 1410. The van der Waals surface area contributed by atoms with Gasteiger partial charge in [-0.25, -0.2) is 4.79 Å². The summed E-state index contributed by atoms with van der Waals surface area (Å²) in [4.78, 5) is 27.1. The summed E-state index contributed by atoms with van der Waals surface area (Å²) < 4.78 is 12.9. The van der Waals surface area contributed by atoms with Crippen molar-refractivity contribution in [2.24, 2.45) is 5.92 Å². The maximum absolute atomic E-state index is 14.0. The molecule has 3 aromatic carbocycles. The molecule has 6 heteroatoms. The van der Waals surface area contributed by atoms with Gasteiger partial charge in [0.15, 0.2) is 0 Å². The highest BCUT2D eigenvalue weighted by molar-refractivity contribution is 5.93. The molecule has 226 valence electrons. The van der Waals surface area contributed by atoms with E-state index in [4.69, 9.17) is 9.47 Å². The summed E-state index contributed by atoms with van der Waals surface area (Å²) >= 11 is 0. The van der Waals surface area contributed by atoms with Crippen molar-refractivity contribution in [2.45, 2.75) is 76.4 Å². The number of rotatable bonds is 7. The number of piperidine rings is 1. The zero-order valence-corrected chi connectivity index (χ0v) is 25.4. The van der Waals surface area contributed by atoms with Crippen molar-refractivity contribution in [1.29, 1.82) is 0 Å². The monoisotopic (exact) mass is 581 g/mol. The van der Waals surface area contributed by atoms with Gasteiger partial charge < -0.3 is 19.3 Å². The Hall–Kier alpha value is -3.64. The zero-order chi connectivity index (χ0) is 29.6. The van der Waals surface area contributed by atoms with E-state index in [1.807, 2.05) is 54.6 Å². The normalized spacial score (nSPS) is 23.9. The average molecular weight is 582 g/mol. The highest BCUT2D eigenvalue weighted by atomic mass is 16.5. The van der Waals surface area contributed by atoms with E-state index in [9.17, 15) is 9.59 Å². The van der Waals surface area contributed by atoms with Crippen molar-refractivity contribution in [1.82, 2.24) is 5.32 Å². The van der Waals surface area contributed by atoms with Crippen LogP contribution in [-0.4, -0.2) is 49.1 Å². The topological polar surface area (TPSA) is 64.6 Å². The molecule has 1 aliphatic carbocycles. The lowest BCUT2D eigenvalue weighted by atomic mass is 9.85. The summed E-state index contributed by atoms with van der Waals surface area (Å²) in [5.41, 5.74) is 2.86. The van der Waals surface area contributed by atoms with Gasteiger partial charge in [-0.15, -0.1) is 0 Å². The molecule has 2 heterocycles. The molecule has 1 N–H and O–H groups in total. The van der Waals surface area contributed by atoms with Gasteiger partial charge in [0.25, 0.3) is 0 Å². The van der Waals surface area contributed by atoms with E-state index in [-0.39, 0.29) is 18.6 Å². The number of fused-ring (bicyclic) bond motifs is 2. The molecule has 0 spiro atoms.